The van der Waals surface area contributed by atoms with Gasteiger partial charge in [-0.2, -0.15) is 5.10 Å². The summed E-state index contributed by atoms with van der Waals surface area (Å²) in [5.74, 6) is 1.50. The number of anilines is 1. The fourth-order valence-electron chi connectivity index (χ4n) is 4.97. The van der Waals surface area contributed by atoms with E-state index in [1.807, 2.05) is 0 Å². The Morgan fingerprint density at radius 3 is 1.77 bits per heavy atom. The van der Waals surface area contributed by atoms with E-state index in [2.05, 4.69) is 128 Å². The molecule has 1 saturated heterocycles. The number of benzene rings is 3. The minimum absolute atomic E-state index is 0.0528. The Bertz CT molecular complexity index is 1120. The molecule has 0 amide bonds. The van der Waals surface area contributed by atoms with Crippen molar-refractivity contribution in [3.05, 3.63) is 119 Å². The zero-order chi connectivity index (χ0) is 24.3. The van der Waals surface area contributed by atoms with E-state index in [9.17, 15) is 0 Å². The second-order valence-corrected chi connectivity index (χ2v) is 10.5. The van der Waals surface area contributed by atoms with E-state index in [0.717, 1.165) is 37.7 Å². The predicted octanol–water partition coefficient (Wildman–Crippen LogP) is 6.62. The topological polar surface area (TPSA) is 39.1 Å². The van der Waals surface area contributed by atoms with Crippen LogP contribution in [-0.2, 0) is 22.2 Å². The zero-order valence-electron chi connectivity index (χ0n) is 20.9. The molecule has 0 saturated carbocycles. The first kappa shape index (κ1) is 23.4. The van der Waals surface area contributed by atoms with Gasteiger partial charge in [0.1, 0.15) is 11.4 Å². The first-order valence-corrected chi connectivity index (χ1v) is 12.6. The van der Waals surface area contributed by atoms with Crippen LogP contribution in [0, 0.1) is 5.92 Å². The summed E-state index contributed by atoms with van der Waals surface area (Å²) < 4.78 is 7.86. The van der Waals surface area contributed by atoms with Crippen molar-refractivity contribution < 1.29 is 4.74 Å². The molecule has 0 aliphatic carbocycles. The van der Waals surface area contributed by atoms with Gasteiger partial charge in [0.15, 0.2) is 0 Å². The maximum Gasteiger partial charge on any atom is 0.125 e. The first-order chi connectivity index (χ1) is 17.0. The molecule has 1 aromatic heterocycles. The molecule has 4 aromatic rings. The molecule has 1 atom stereocenters. The maximum atomic E-state index is 5.69. The Morgan fingerprint density at radius 2 is 1.34 bits per heavy atom. The van der Waals surface area contributed by atoms with Crippen molar-refractivity contribution in [3.8, 4) is 0 Å². The highest BCUT2D eigenvalue weighted by Gasteiger charge is 2.38. The Labute approximate surface area is 209 Å². The average molecular weight is 466 g/mol. The summed E-state index contributed by atoms with van der Waals surface area (Å²) in [5.41, 5.74) is 4.01. The van der Waals surface area contributed by atoms with E-state index in [-0.39, 0.29) is 5.41 Å². The molecule has 35 heavy (non-hydrogen) atoms. The molecule has 0 radical (unpaired) electrons. The van der Waals surface area contributed by atoms with Crippen LogP contribution >= 0.6 is 0 Å². The molecule has 4 heteroatoms. The first-order valence-electron chi connectivity index (χ1n) is 12.6. The predicted molar refractivity (Wildman–Crippen MR) is 143 cm³/mol. The summed E-state index contributed by atoms with van der Waals surface area (Å²) in [6, 6.07) is 34.4. The third-order valence-corrected chi connectivity index (χ3v) is 6.94. The Balaban J connectivity index is 1.71. The molecule has 4 nitrogen and oxygen atoms in total. The van der Waals surface area contributed by atoms with Crippen LogP contribution in [0.15, 0.2) is 97.1 Å². The monoisotopic (exact) mass is 465 g/mol. The van der Waals surface area contributed by atoms with Crippen LogP contribution < -0.4 is 5.32 Å². The van der Waals surface area contributed by atoms with Gasteiger partial charge in [-0.1, -0.05) is 112 Å². The molecule has 0 bridgehead atoms. The van der Waals surface area contributed by atoms with Crippen LogP contribution in [0.1, 0.15) is 49.6 Å². The molecule has 1 fully saturated rings. The largest absolute Gasteiger partial charge is 0.381 e. The lowest BCUT2D eigenvalue weighted by Crippen LogP contribution is -2.39. The fraction of sp³-hybridized carbons (Fsp3) is 0.323. The van der Waals surface area contributed by atoms with Crippen LogP contribution in [0.3, 0.4) is 0 Å². The zero-order valence-corrected chi connectivity index (χ0v) is 20.9. The molecule has 0 spiro atoms. The van der Waals surface area contributed by atoms with Crippen molar-refractivity contribution >= 4 is 5.82 Å². The standard InChI is InChI=1S/C31H35N3O/c1-30(2,3)28-21-29(34(33-28)22-24-19-20-35-23-24)32-31(25-13-7-4-8-14-25,26-15-9-5-10-16-26)27-17-11-6-12-18-27/h4-18,21,24,32H,19-20,22-23H2,1-3H3. The summed E-state index contributed by atoms with van der Waals surface area (Å²) in [6.45, 7) is 9.14. The third kappa shape index (κ3) is 4.76. The van der Waals surface area contributed by atoms with Crippen molar-refractivity contribution in [2.75, 3.05) is 18.5 Å². The van der Waals surface area contributed by atoms with Gasteiger partial charge >= 0.3 is 0 Å². The van der Waals surface area contributed by atoms with Crippen LogP contribution in [0.2, 0.25) is 0 Å². The normalized spacial score (nSPS) is 16.4. The summed E-state index contributed by atoms with van der Waals surface area (Å²) in [6.07, 6.45) is 1.07. The quantitative estimate of drug-likeness (QED) is 0.312. The van der Waals surface area contributed by atoms with E-state index in [1.165, 1.54) is 16.7 Å². The van der Waals surface area contributed by atoms with Crippen LogP contribution in [0.5, 0.6) is 0 Å². The molecule has 1 aliphatic heterocycles. The van der Waals surface area contributed by atoms with Gasteiger partial charge in [-0.3, -0.25) is 0 Å². The van der Waals surface area contributed by atoms with Crippen LogP contribution in [0.25, 0.3) is 0 Å². The van der Waals surface area contributed by atoms with E-state index in [0.29, 0.717) is 5.92 Å². The van der Waals surface area contributed by atoms with E-state index >= 15 is 0 Å². The Hall–Kier alpha value is -3.37. The molecule has 5 rings (SSSR count). The lowest BCUT2D eigenvalue weighted by atomic mass is 9.77. The smallest absolute Gasteiger partial charge is 0.125 e. The van der Waals surface area contributed by atoms with Gasteiger partial charge in [-0.05, 0) is 23.1 Å². The Morgan fingerprint density at radius 1 is 0.829 bits per heavy atom. The minimum atomic E-state index is -0.580. The van der Waals surface area contributed by atoms with Crippen molar-refractivity contribution in [2.24, 2.45) is 5.92 Å². The number of hydrogen-bond donors (Lipinski definition) is 1. The van der Waals surface area contributed by atoms with Gasteiger partial charge in [0.2, 0.25) is 0 Å². The van der Waals surface area contributed by atoms with E-state index < -0.39 is 5.54 Å². The van der Waals surface area contributed by atoms with Crippen molar-refractivity contribution in [2.45, 2.75) is 44.7 Å². The number of nitrogens with zero attached hydrogens (tertiary/aromatic N) is 2. The molecular formula is C31H35N3O. The molecule has 1 unspecified atom stereocenters. The van der Waals surface area contributed by atoms with Gasteiger partial charge in [0.05, 0.1) is 12.3 Å². The molecule has 2 heterocycles. The number of hydrogen-bond acceptors (Lipinski definition) is 3. The lowest BCUT2D eigenvalue weighted by molar-refractivity contribution is 0.181. The SMILES string of the molecule is CC(C)(C)c1cc(NC(c2ccccc2)(c2ccccc2)c2ccccc2)n(CC2CCOC2)n1. The minimum Gasteiger partial charge on any atom is -0.381 e. The van der Waals surface area contributed by atoms with Gasteiger partial charge < -0.3 is 10.1 Å². The highest BCUT2D eigenvalue weighted by molar-refractivity contribution is 5.58. The number of nitrogens with one attached hydrogen (secondary N) is 1. The molecule has 1 N–H and O–H groups in total. The molecular weight excluding hydrogens is 430 g/mol. The fourth-order valence-corrected chi connectivity index (χ4v) is 4.97. The van der Waals surface area contributed by atoms with Crippen LogP contribution in [-0.4, -0.2) is 23.0 Å². The summed E-state index contributed by atoms with van der Waals surface area (Å²) in [5, 5.41) is 9.14. The lowest BCUT2D eigenvalue weighted by Gasteiger charge is -2.38. The average Bonchev–Trinajstić information content (AvgIpc) is 3.54. The van der Waals surface area contributed by atoms with Crippen molar-refractivity contribution in [3.63, 3.8) is 0 Å². The van der Waals surface area contributed by atoms with Crippen molar-refractivity contribution in [1.29, 1.82) is 0 Å². The number of aromatic nitrogens is 2. The van der Waals surface area contributed by atoms with Gasteiger partial charge in [-0.15, -0.1) is 0 Å². The van der Waals surface area contributed by atoms with Gasteiger partial charge in [-0.25, -0.2) is 4.68 Å². The number of rotatable bonds is 7. The second kappa shape index (κ2) is 9.71. The molecule has 3 aromatic carbocycles. The third-order valence-electron chi connectivity index (χ3n) is 6.94. The summed E-state index contributed by atoms with van der Waals surface area (Å²) in [4.78, 5) is 0. The number of ether oxygens (including phenoxy) is 1. The maximum absolute atomic E-state index is 5.69. The van der Waals surface area contributed by atoms with Gasteiger partial charge in [0, 0.05) is 30.6 Å². The molecule has 180 valence electrons. The van der Waals surface area contributed by atoms with Crippen LogP contribution in [0.4, 0.5) is 5.82 Å². The highest BCUT2D eigenvalue weighted by Crippen LogP contribution is 2.41. The summed E-state index contributed by atoms with van der Waals surface area (Å²) >= 11 is 0. The van der Waals surface area contributed by atoms with Gasteiger partial charge in [0.25, 0.3) is 0 Å². The molecule has 1 aliphatic rings. The highest BCUT2D eigenvalue weighted by atomic mass is 16.5. The van der Waals surface area contributed by atoms with E-state index in [1.54, 1.807) is 0 Å². The Kier molecular flexibility index (Phi) is 6.48. The van der Waals surface area contributed by atoms with E-state index in [4.69, 9.17) is 9.84 Å². The summed E-state index contributed by atoms with van der Waals surface area (Å²) in [7, 11) is 0. The second-order valence-electron chi connectivity index (χ2n) is 10.5. The van der Waals surface area contributed by atoms with Crippen molar-refractivity contribution in [1.82, 2.24) is 9.78 Å².